The Labute approximate surface area is 105 Å². The monoisotopic (exact) mass is 263 g/mol. The molecule has 0 aliphatic rings. The molecule has 0 fully saturated rings. The number of carbonyl (C=O) groups excluding carboxylic acids is 1. The predicted molar refractivity (Wildman–Crippen MR) is 64.5 cm³/mol. The van der Waals surface area contributed by atoms with Gasteiger partial charge in [0.1, 0.15) is 6.67 Å². The van der Waals surface area contributed by atoms with E-state index in [2.05, 4.69) is 0 Å². The van der Waals surface area contributed by atoms with Gasteiger partial charge in [0.25, 0.3) is 0 Å². The number of methoxy groups -OCH3 is 1. The molecule has 1 aromatic carbocycles. The molecule has 0 aliphatic carbocycles. The summed E-state index contributed by atoms with van der Waals surface area (Å²) < 4.78 is 22.3. The van der Waals surface area contributed by atoms with Crippen LogP contribution >= 0.6 is 12.4 Å². The van der Waals surface area contributed by atoms with E-state index in [-0.39, 0.29) is 12.4 Å². The van der Waals surface area contributed by atoms with Gasteiger partial charge < -0.3 is 15.2 Å². The van der Waals surface area contributed by atoms with Crippen molar-refractivity contribution in [2.24, 2.45) is 5.73 Å². The van der Waals surface area contributed by atoms with E-state index in [1.165, 1.54) is 20.1 Å². The van der Waals surface area contributed by atoms with Gasteiger partial charge in [-0.3, -0.25) is 4.79 Å². The second kappa shape index (κ2) is 7.09. The first-order valence-electron chi connectivity index (χ1n) is 4.76. The molecule has 1 aromatic rings. The van der Waals surface area contributed by atoms with Crippen molar-refractivity contribution >= 4 is 18.4 Å². The molecule has 2 N–H and O–H groups in total. The number of carbonyl (C=O) groups is 1. The van der Waals surface area contributed by atoms with Gasteiger partial charge in [-0.05, 0) is 17.7 Å². The van der Waals surface area contributed by atoms with Crippen LogP contribution in [0, 0.1) is 0 Å². The Balaban J connectivity index is 0.00000256. The second-order valence-electron chi connectivity index (χ2n) is 3.26. The molecule has 0 saturated carbocycles. The fourth-order valence-electron chi connectivity index (χ4n) is 1.24. The maximum atomic E-state index is 12.4. The minimum absolute atomic E-state index is 0. The van der Waals surface area contributed by atoms with Gasteiger partial charge in [0.2, 0.25) is 0 Å². The first-order valence-corrected chi connectivity index (χ1v) is 4.76. The molecule has 0 spiro atoms. The van der Waals surface area contributed by atoms with E-state index >= 15 is 0 Å². The maximum absolute atomic E-state index is 12.4. The highest BCUT2D eigenvalue weighted by molar-refractivity contribution is 5.85. The fourth-order valence-corrected chi connectivity index (χ4v) is 1.24. The van der Waals surface area contributed by atoms with Gasteiger partial charge in [-0.2, -0.15) is 0 Å². The molecule has 0 unspecified atom stereocenters. The minimum atomic E-state index is -0.694. The second-order valence-corrected chi connectivity index (χ2v) is 3.26. The molecule has 0 radical (unpaired) electrons. The fraction of sp³-hybridized carbons (Fsp3) is 0.364. The van der Waals surface area contributed by atoms with Gasteiger partial charge in [0.15, 0.2) is 11.5 Å². The smallest absolute Gasteiger partial charge is 0.308 e. The summed E-state index contributed by atoms with van der Waals surface area (Å²) in [6.45, 7) is 0.636. The van der Waals surface area contributed by atoms with Crippen LogP contribution in [-0.4, -0.2) is 19.8 Å². The molecule has 6 heteroatoms. The molecule has 0 amide bonds. The number of nitrogens with two attached hydrogens (primary N) is 1. The van der Waals surface area contributed by atoms with Crippen LogP contribution in [0.5, 0.6) is 11.5 Å². The number of hydrogen-bond donors (Lipinski definition) is 1. The Hall–Kier alpha value is -1.33. The predicted octanol–water partition coefficient (Wildman–Crippen LogP) is 2.01. The Morgan fingerprint density at radius 3 is 2.59 bits per heavy atom. The number of alkyl halides is 1. The third-order valence-electron chi connectivity index (χ3n) is 2.04. The number of rotatable bonds is 4. The average Bonchev–Trinajstić information content (AvgIpc) is 2.27. The molecule has 0 saturated heterocycles. The van der Waals surface area contributed by atoms with E-state index < -0.39 is 18.7 Å². The lowest BCUT2D eigenvalue weighted by Crippen LogP contribution is -2.12. The topological polar surface area (TPSA) is 61.6 Å². The lowest BCUT2D eigenvalue weighted by atomic mass is 10.1. The Bertz CT molecular complexity index is 387. The number of hydrogen-bond acceptors (Lipinski definition) is 4. The minimum Gasteiger partial charge on any atom is -0.493 e. The average molecular weight is 264 g/mol. The van der Waals surface area contributed by atoms with Crippen molar-refractivity contribution in [2.75, 3.05) is 13.8 Å². The molecule has 1 rings (SSSR count). The Kier molecular flexibility index (Phi) is 6.53. The summed E-state index contributed by atoms with van der Waals surface area (Å²) in [5.41, 5.74) is 6.12. The molecule has 17 heavy (non-hydrogen) atoms. The van der Waals surface area contributed by atoms with E-state index in [4.69, 9.17) is 15.2 Å². The van der Waals surface area contributed by atoms with Crippen LogP contribution in [0.1, 0.15) is 18.5 Å². The van der Waals surface area contributed by atoms with Crippen molar-refractivity contribution in [3.63, 3.8) is 0 Å². The molecule has 0 aromatic heterocycles. The summed E-state index contributed by atoms with van der Waals surface area (Å²) in [6, 6.07) is 4.00. The van der Waals surface area contributed by atoms with Crippen molar-refractivity contribution in [2.45, 2.75) is 13.0 Å². The number of ether oxygens (including phenoxy) is 2. The highest BCUT2D eigenvalue weighted by Crippen LogP contribution is 2.30. The summed E-state index contributed by atoms with van der Waals surface area (Å²) in [4.78, 5) is 10.8. The summed E-state index contributed by atoms with van der Waals surface area (Å²) in [6.07, 6.45) is 0. The van der Waals surface area contributed by atoms with Crippen LogP contribution in [0.4, 0.5) is 4.39 Å². The SMILES string of the molecule is COc1cc([C@H](N)CF)ccc1OC(C)=O.Cl. The molecule has 0 aliphatic heterocycles. The van der Waals surface area contributed by atoms with Crippen LogP contribution < -0.4 is 15.2 Å². The van der Waals surface area contributed by atoms with Gasteiger partial charge in [-0.15, -0.1) is 12.4 Å². The first kappa shape index (κ1) is 15.7. The highest BCUT2D eigenvalue weighted by atomic mass is 35.5. The van der Waals surface area contributed by atoms with E-state index in [1.807, 2.05) is 0 Å². The quantitative estimate of drug-likeness (QED) is 0.667. The highest BCUT2D eigenvalue weighted by Gasteiger charge is 2.11. The zero-order valence-corrected chi connectivity index (χ0v) is 10.4. The van der Waals surface area contributed by atoms with Crippen LogP contribution in [0.15, 0.2) is 18.2 Å². The maximum Gasteiger partial charge on any atom is 0.308 e. The van der Waals surface area contributed by atoms with E-state index in [0.717, 1.165) is 0 Å². The van der Waals surface area contributed by atoms with Crippen LogP contribution in [0.3, 0.4) is 0 Å². The van der Waals surface area contributed by atoms with E-state index in [0.29, 0.717) is 17.1 Å². The van der Waals surface area contributed by atoms with Gasteiger partial charge in [0, 0.05) is 6.92 Å². The van der Waals surface area contributed by atoms with E-state index in [1.54, 1.807) is 12.1 Å². The molecule has 96 valence electrons. The molecule has 0 bridgehead atoms. The normalized spacial score (nSPS) is 11.3. The number of benzene rings is 1. The molecular weight excluding hydrogens is 249 g/mol. The Morgan fingerprint density at radius 2 is 2.12 bits per heavy atom. The van der Waals surface area contributed by atoms with Crippen molar-refractivity contribution in [3.8, 4) is 11.5 Å². The molecule has 0 heterocycles. The van der Waals surface area contributed by atoms with Gasteiger partial charge >= 0.3 is 5.97 Å². The number of esters is 1. The van der Waals surface area contributed by atoms with Crippen LogP contribution in [0.2, 0.25) is 0 Å². The van der Waals surface area contributed by atoms with Crippen molar-refractivity contribution < 1.29 is 18.7 Å². The van der Waals surface area contributed by atoms with Gasteiger partial charge in [0.05, 0.1) is 13.2 Å². The largest absolute Gasteiger partial charge is 0.493 e. The third kappa shape index (κ3) is 4.20. The zero-order chi connectivity index (χ0) is 12.1. The van der Waals surface area contributed by atoms with Crippen LogP contribution in [-0.2, 0) is 4.79 Å². The van der Waals surface area contributed by atoms with Gasteiger partial charge in [-0.1, -0.05) is 6.07 Å². The van der Waals surface area contributed by atoms with Gasteiger partial charge in [-0.25, -0.2) is 4.39 Å². The molecule has 1 atom stereocenters. The number of halogens is 2. The third-order valence-corrected chi connectivity index (χ3v) is 2.04. The summed E-state index contributed by atoms with van der Waals surface area (Å²) >= 11 is 0. The summed E-state index contributed by atoms with van der Waals surface area (Å²) in [7, 11) is 1.44. The lowest BCUT2D eigenvalue weighted by molar-refractivity contribution is -0.132. The first-order chi connectivity index (χ1) is 7.58. The summed E-state index contributed by atoms with van der Waals surface area (Å²) in [5, 5.41) is 0. The standard InChI is InChI=1S/C11H14FNO3.ClH/c1-7(14)16-10-4-3-8(9(13)6-12)5-11(10)15-2;/h3-5,9H,6,13H2,1-2H3;1H/t9-;/m1./s1. The molecular formula is C11H15ClFNO3. The Morgan fingerprint density at radius 1 is 1.47 bits per heavy atom. The van der Waals surface area contributed by atoms with Crippen molar-refractivity contribution in [1.29, 1.82) is 0 Å². The lowest BCUT2D eigenvalue weighted by Gasteiger charge is -2.12. The van der Waals surface area contributed by atoms with Crippen molar-refractivity contribution in [3.05, 3.63) is 23.8 Å². The molecule has 4 nitrogen and oxygen atoms in total. The zero-order valence-electron chi connectivity index (χ0n) is 9.60. The summed E-state index contributed by atoms with van der Waals surface area (Å²) in [5.74, 6) is 0.210. The van der Waals surface area contributed by atoms with E-state index in [9.17, 15) is 9.18 Å². The van der Waals surface area contributed by atoms with Crippen molar-refractivity contribution in [1.82, 2.24) is 0 Å². The van der Waals surface area contributed by atoms with Crippen LogP contribution in [0.25, 0.3) is 0 Å².